The molecule has 1 rings (SSSR count). The van der Waals surface area contributed by atoms with Crippen molar-refractivity contribution in [1.82, 2.24) is 0 Å². The van der Waals surface area contributed by atoms with Crippen LogP contribution >= 0.6 is 22.6 Å². The molecule has 0 bridgehead atoms. The molecule has 0 aromatic heterocycles. The molecule has 106 valence electrons. The van der Waals surface area contributed by atoms with Gasteiger partial charge in [0, 0.05) is 12.1 Å². The minimum atomic E-state index is -0.677. The van der Waals surface area contributed by atoms with Crippen LogP contribution in [0.5, 0.6) is 0 Å². The number of anilines is 1. The largest absolute Gasteiger partial charge is 0.394 e. The van der Waals surface area contributed by atoms with Crippen LogP contribution in [-0.2, 0) is 0 Å². The van der Waals surface area contributed by atoms with Gasteiger partial charge in [0.2, 0.25) is 0 Å². The third-order valence-corrected chi connectivity index (χ3v) is 4.12. The van der Waals surface area contributed by atoms with Crippen LogP contribution < -0.4 is 5.32 Å². The van der Waals surface area contributed by atoms with Gasteiger partial charge in [-0.05, 0) is 35.4 Å². The molecule has 2 N–H and O–H groups in total. The normalized spacial score (nSPS) is 11.4. The Labute approximate surface area is 124 Å². The number of rotatable bonds is 6. The van der Waals surface area contributed by atoms with Crippen molar-refractivity contribution in [3.05, 3.63) is 31.6 Å². The second-order valence-electron chi connectivity index (χ2n) is 4.31. The summed E-state index contributed by atoms with van der Waals surface area (Å²) in [5.41, 5.74) is -0.768. The first-order valence-electron chi connectivity index (χ1n) is 5.91. The van der Waals surface area contributed by atoms with E-state index in [0.717, 1.165) is 6.07 Å². The third-order valence-electron chi connectivity index (χ3n) is 3.29. The first-order chi connectivity index (χ1) is 8.89. The van der Waals surface area contributed by atoms with E-state index in [-0.39, 0.29) is 21.6 Å². The first kappa shape index (κ1) is 16.1. The SMILES string of the molecule is CCC(CC)(CO)Nc1cc(F)c(I)cc1[N+](=O)[O-]. The Balaban J connectivity index is 3.26. The Morgan fingerprint density at radius 2 is 2.05 bits per heavy atom. The molecule has 0 atom stereocenters. The lowest BCUT2D eigenvalue weighted by Crippen LogP contribution is -2.41. The highest BCUT2D eigenvalue weighted by Gasteiger charge is 2.28. The lowest BCUT2D eigenvalue weighted by atomic mass is 9.93. The van der Waals surface area contributed by atoms with E-state index in [1.165, 1.54) is 6.07 Å². The highest BCUT2D eigenvalue weighted by atomic mass is 127. The molecule has 0 saturated heterocycles. The summed E-state index contributed by atoms with van der Waals surface area (Å²) in [5.74, 6) is -0.521. The van der Waals surface area contributed by atoms with Crippen LogP contribution in [-0.4, -0.2) is 22.2 Å². The molecule has 0 aliphatic rings. The molecule has 0 aliphatic carbocycles. The van der Waals surface area contributed by atoms with E-state index in [1.54, 1.807) is 22.6 Å². The Hall–Kier alpha value is -0.960. The van der Waals surface area contributed by atoms with Crippen molar-refractivity contribution >= 4 is 34.0 Å². The van der Waals surface area contributed by atoms with Crippen LogP contribution in [0.25, 0.3) is 0 Å². The van der Waals surface area contributed by atoms with E-state index >= 15 is 0 Å². The van der Waals surface area contributed by atoms with Crippen LogP contribution in [0.15, 0.2) is 12.1 Å². The fourth-order valence-electron chi connectivity index (χ4n) is 1.76. The quantitative estimate of drug-likeness (QED) is 0.450. The number of nitro groups is 1. The second kappa shape index (κ2) is 6.47. The van der Waals surface area contributed by atoms with E-state index < -0.39 is 16.3 Å². The summed E-state index contributed by atoms with van der Waals surface area (Å²) >= 11 is 1.71. The van der Waals surface area contributed by atoms with Gasteiger partial charge in [-0.1, -0.05) is 13.8 Å². The molecule has 0 fully saturated rings. The van der Waals surface area contributed by atoms with Crippen LogP contribution in [0.3, 0.4) is 0 Å². The predicted molar refractivity (Wildman–Crippen MR) is 79.8 cm³/mol. The average molecular weight is 382 g/mol. The standard InChI is InChI=1S/C12H16FIN2O3/c1-3-12(4-2,7-17)15-10-5-8(13)9(14)6-11(10)16(18)19/h5-6,15,17H,3-4,7H2,1-2H3. The average Bonchev–Trinajstić information content (AvgIpc) is 2.39. The van der Waals surface area contributed by atoms with Crippen molar-refractivity contribution in [3.63, 3.8) is 0 Å². The molecule has 5 nitrogen and oxygen atoms in total. The molecule has 0 unspecified atom stereocenters. The van der Waals surface area contributed by atoms with E-state index in [4.69, 9.17) is 0 Å². The van der Waals surface area contributed by atoms with Gasteiger partial charge in [0.15, 0.2) is 0 Å². The molecule has 19 heavy (non-hydrogen) atoms. The van der Waals surface area contributed by atoms with Crippen molar-refractivity contribution in [1.29, 1.82) is 0 Å². The number of nitro benzene ring substituents is 1. The summed E-state index contributed by atoms with van der Waals surface area (Å²) in [6.45, 7) is 3.55. The van der Waals surface area contributed by atoms with Crippen molar-refractivity contribution < 1.29 is 14.4 Å². The number of nitrogens with one attached hydrogen (secondary N) is 1. The van der Waals surface area contributed by atoms with Gasteiger partial charge >= 0.3 is 0 Å². The van der Waals surface area contributed by atoms with Gasteiger partial charge < -0.3 is 10.4 Å². The molecule has 0 amide bonds. The summed E-state index contributed by atoms with van der Waals surface area (Å²) in [7, 11) is 0. The zero-order valence-corrected chi connectivity index (χ0v) is 12.9. The number of halogens is 2. The molecule has 1 aromatic carbocycles. The maximum atomic E-state index is 13.6. The van der Waals surface area contributed by atoms with Gasteiger partial charge in [-0.3, -0.25) is 10.1 Å². The van der Waals surface area contributed by atoms with Crippen molar-refractivity contribution in [2.75, 3.05) is 11.9 Å². The van der Waals surface area contributed by atoms with Crippen LogP contribution in [0.4, 0.5) is 15.8 Å². The van der Waals surface area contributed by atoms with Gasteiger partial charge in [0.05, 0.1) is 20.6 Å². The molecule has 0 spiro atoms. The third kappa shape index (κ3) is 3.53. The lowest BCUT2D eigenvalue weighted by Gasteiger charge is -2.31. The lowest BCUT2D eigenvalue weighted by molar-refractivity contribution is -0.384. The monoisotopic (exact) mass is 382 g/mol. The van der Waals surface area contributed by atoms with E-state index in [0.29, 0.717) is 12.8 Å². The van der Waals surface area contributed by atoms with Gasteiger partial charge in [-0.25, -0.2) is 4.39 Å². The predicted octanol–water partition coefficient (Wildman–Crippen LogP) is 3.30. The molecular weight excluding hydrogens is 366 g/mol. The number of nitrogens with zero attached hydrogens (tertiary/aromatic N) is 1. The Kier molecular flexibility index (Phi) is 5.48. The molecule has 0 radical (unpaired) electrons. The number of benzene rings is 1. The van der Waals surface area contributed by atoms with Crippen LogP contribution in [0.2, 0.25) is 0 Å². The molecular formula is C12H16FIN2O3. The Morgan fingerprint density at radius 3 is 2.47 bits per heavy atom. The second-order valence-corrected chi connectivity index (χ2v) is 5.47. The molecule has 0 aliphatic heterocycles. The van der Waals surface area contributed by atoms with Crippen LogP contribution in [0, 0.1) is 19.5 Å². The van der Waals surface area contributed by atoms with E-state index in [9.17, 15) is 19.6 Å². The molecule has 0 saturated carbocycles. The Bertz CT molecular complexity index is 470. The minimum absolute atomic E-state index is 0.0978. The summed E-state index contributed by atoms with van der Waals surface area (Å²) < 4.78 is 13.8. The fraction of sp³-hybridized carbons (Fsp3) is 0.500. The minimum Gasteiger partial charge on any atom is -0.394 e. The van der Waals surface area contributed by atoms with Crippen molar-refractivity contribution in [2.45, 2.75) is 32.2 Å². The maximum absolute atomic E-state index is 13.6. The highest BCUT2D eigenvalue weighted by Crippen LogP contribution is 2.32. The van der Waals surface area contributed by atoms with Crippen molar-refractivity contribution in [3.8, 4) is 0 Å². The van der Waals surface area contributed by atoms with Gasteiger partial charge in [-0.2, -0.15) is 0 Å². The van der Waals surface area contributed by atoms with E-state index in [2.05, 4.69) is 5.32 Å². The molecule has 7 heteroatoms. The fourth-order valence-corrected chi connectivity index (χ4v) is 2.21. The maximum Gasteiger partial charge on any atom is 0.293 e. The summed E-state index contributed by atoms with van der Waals surface area (Å²) in [6.07, 6.45) is 1.15. The summed E-state index contributed by atoms with van der Waals surface area (Å²) in [6, 6.07) is 2.29. The van der Waals surface area contributed by atoms with Gasteiger partial charge in [0.1, 0.15) is 11.5 Å². The highest BCUT2D eigenvalue weighted by molar-refractivity contribution is 14.1. The topological polar surface area (TPSA) is 75.4 Å². The smallest absolute Gasteiger partial charge is 0.293 e. The molecule has 0 heterocycles. The summed E-state index contributed by atoms with van der Waals surface area (Å²) in [4.78, 5) is 10.5. The van der Waals surface area contributed by atoms with Gasteiger partial charge in [-0.15, -0.1) is 0 Å². The Morgan fingerprint density at radius 1 is 1.47 bits per heavy atom. The zero-order valence-electron chi connectivity index (χ0n) is 10.7. The van der Waals surface area contributed by atoms with E-state index in [1.807, 2.05) is 13.8 Å². The zero-order chi connectivity index (χ0) is 14.6. The van der Waals surface area contributed by atoms with Crippen molar-refractivity contribution in [2.24, 2.45) is 0 Å². The first-order valence-corrected chi connectivity index (χ1v) is 6.99. The summed E-state index contributed by atoms with van der Waals surface area (Å²) in [5, 5.41) is 23.4. The number of aliphatic hydroxyl groups excluding tert-OH is 1. The number of aliphatic hydroxyl groups is 1. The van der Waals surface area contributed by atoms with Gasteiger partial charge in [0.25, 0.3) is 5.69 Å². The number of hydrogen-bond acceptors (Lipinski definition) is 4. The number of hydrogen-bond donors (Lipinski definition) is 2. The molecule has 1 aromatic rings. The van der Waals surface area contributed by atoms with Crippen LogP contribution in [0.1, 0.15) is 26.7 Å².